The predicted molar refractivity (Wildman–Crippen MR) is 73.2 cm³/mol. The van der Waals surface area contributed by atoms with Gasteiger partial charge in [0.1, 0.15) is 11.5 Å². The van der Waals surface area contributed by atoms with Crippen LogP contribution >= 0.6 is 0 Å². The minimum Gasteiger partial charge on any atom is -0.508 e. The van der Waals surface area contributed by atoms with Crippen LogP contribution in [0.15, 0.2) is 48.5 Å². The third-order valence-corrected chi connectivity index (χ3v) is 3.59. The Labute approximate surface area is 111 Å². The highest BCUT2D eigenvalue weighted by Crippen LogP contribution is 2.30. The highest BCUT2D eigenvalue weighted by molar-refractivity contribution is 7.92. The largest absolute Gasteiger partial charge is 0.508 e. The van der Waals surface area contributed by atoms with Crippen LogP contribution in [0, 0.1) is 0 Å². The number of benzene rings is 2. The third-order valence-electron chi connectivity index (χ3n) is 2.50. The Hall–Kier alpha value is -2.21. The lowest BCUT2D eigenvalue weighted by molar-refractivity contribution is 0.475. The van der Waals surface area contributed by atoms with Gasteiger partial charge in [-0.2, -0.15) is 0 Å². The zero-order valence-electron chi connectivity index (χ0n) is 10.2. The highest BCUT2D eigenvalue weighted by Gasteiger charge is 2.19. The molecule has 0 aliphatic carbocycles. The Kier molecular flexibility index (Phi) is 3.35. The van der Waals surface area contributed by atoms with E-state index in [1.807, 2.05) is 0 Å². The van der Waals surface area contributed by atoms with Gasteiger partial charge in [0, 0.05) is 0 Å². The molecule has 0 amide bonds. The molecule has 6 heteroatoms. The van der Waals surface area contributed by atoms with Crippen molar-refractivity contribution >= 4 is 21.4 Å². The molecule has 2 aromatic carbocycles. The van der Waals surface area contributed by atoms with Gasteiger partial charge in [0.05, 0.1) is 17.6 Å². The number of rotatable bonds is 3. The van der Waals surface area contributed by atoms with Crippen LogP contribution in [-0.4, -0.2) is 24.9 Å². The molecule has 0 fully saturated rings. The summed E-state index contributed by atoms with van der Waals surface area (Å²) in [7, 11) is -3.53. The lowest BCUT2D eigenvalue weighted by Gasteiger charge is -2.22. The summed E-state index contributed by atoms with van der Waals surface area (Å²) in [5.74, 6) is 0.116. The average Bonchev–Trinajstić information content (AvgIpc) is 2.33. The van der Waals surface area contributed by atoms with Gasteiger partial charge in [-0.05, 0) is 48.5 Å². The van der Waals surface area contributed by atoms with Gasteiger partial charge >= 0.3 is 0 Å². The fourth-order valence-corrected chi connectivity index (χ4v) is 2.72. The van der Waals surface area contributed by atoms with E-state index in [0.717, 1.165) is 10.6 Å². The lowest BCUT2D eigenvalue weighted by atomic mass is 10.2. The summed E-state index contributed by atoms with van der Waals surface area (Å²) in [6.07, 6.45) is 1.09. The van der Waals surface area contributed by atoms with Crippen LogP contribution in [0.3, 0.4) is 0 Å². The Morgan fingerprint density at radius 2 is 1.11 bits per heavy atom. The van der Waals surface area contributed by atoms with Crippen LogP contribution in [0.5, 0.6) is 11.5 Å². The number of phenols is 2. The number of sulfonamides is 1. The molecule has 0 atom stereocenters. The van der Waals surface area contributed by atoms with Crippen molar-refractivity contribution in [2.24, 2.45) is 0 Å². The van der Waals surface area contributed by atoms with Gasteiger partial charge in [-0.3, -0.25) is 0 Å². The molecule has 19 heavy (non-hydrogen) atoms. The van der Waals surface area contributed by atoms with Crippen molar-refractivity contribution in [3.8, 4) is 11.5 Å². The summed E-state index contributed by atoms with van der Waals surface area (Å²) in [5.41, 5.74) is 0.817. The van der Waals surface area contributed by atoms with E-state index in [9.17, 15) is 18.6 Å². The SMILES string of the molecule is CS(=O)(=O)N(c1ccc(O)cc1)c1ccc(O)cc1. The molecule has 0 aliphatic heterocycles. The van der Waals surface area contributed by atoms with Gasteiger partial charge in [0.15, 0.2) is 0 Å². The molecule has 2 rings (SSSR count). The lowest BCUT2D eigenvalue weighted by Crippen LogP contribution is -2.24. The van der Waals surface area contributed by atoms with E-state index in [0.29, 0.717) is 11.4 Å². The summed E-state index contributed by atoms with van der Waals surface area (Å²) in [6.45, 7) is 0. The molecule has 0 radical (unpaired) electrons. The maximum atomic E-state index is 11.9. The Bertz CT molecular complexity index is 617. The molecule has 0 saturated carbocycles. The van der Waals surface area contributed by atoms with Crippen molar-refractivity contribution in [3.05, 3.63) is 48.5 Å². The van der Waals surface area contributed by atoms with Gasteiger partial charge in [-0.15, -0.1) is 0 Å². The van der Waals surface area contributed by atoms with Crippen molar-refractivity contribution in [1.29, 1.82) is 0 Å². The first-order chi connectivity index (χ1) is 8.88. The molecule has 0 saturated heterocycles. The van der Waals surface area contributed by atoms with Crippen LogP contribution in [-0.2, 0) is 10.0 Å². The monoisotopic (exact) mass is 279 g/mol. The number of phenolic OH excluding ortho intramolecular Hbond substituents is 2. The Morgan fingerprint density at radius 1 is 0.789 bits per heavy atom. The molecule has 0 aliphatic rings. The quantitative estimate of drug-likeness (QED) is 0.902. The first-order valence-corrected chi connectivity index (χ1v) is 7.31. The maximum Gasteiger partial charge on any atom is 0.236 e. The van der Waals surface area contributed by atoms with Crippen LogP contribution in [0.25, 0.3) is 0 Å². The van der Waals surface area contributed by atoms with E-state index in [4.69, 9.17) is 0 Å². The van der Waals surface area contributed by atoms with Gasteiger partial charge in [-0.1, -0.05) is 0 Å². The first kappa shape index (κ1) is 13.2. The van der Waals surface area contributed by atoms with Crippen molar-refractivity contribution < 1.29 is 18.6 Å². The molecule has 0 bridgehead atoms. The van der Waals surface area contributed by atoms with Crippen molar-refractivity contribution in [1.82, 2.24) is 0 Å². The number of aromatic hydroxyl groups is 2. The number of hydrogen-bond acceptors (Lipinski definition) is 4. The smallest absolute Gasteiger partial charge is 0.236 e. The number of anilines is 2. The molecule has 5 nitrogen and oxygen atoms in total. The second-order valence-corrected chi connectivity index (χ2v) is 5.89. The van der Waals surface area contributed by atoms with Crippen molar-refractivity contribution in [2.45, 2.75) is 0 Å². The maximum absolute atomic E-state index is 11.9. The summed E-state index contributed by atoms with van der Waals surface area (Å²) < 4.78 is 24.9. The predicted octanol–water partition coefficient (Wildman–Crippen LogP) is 2.20. The second-order valence-electron chi connectivity index (χ2n) is 4.06. The minimum absolute atomic E-state index is 0.0582. The summed E-state index contributed by atoms with van der Waals surface area (Å²) in [5, 5.41) is 18.5. The van der Waals surface area contributed by atoms with Crippen LogP contribution in [0.4, 0.5) is 11.4 Å². The van der Waals surface area contributed by atoms with Gasteiger partial charge in [0.25, 0.3) is 0 Å². The van der Waals surface area contributed by atoms with Gasteiger partial charge in [0.2, 0.25) is 10.0 Å². The van der Waals surface area contributed by atoms with E-state index in [-0.39, 0.29) is 11.5 Å². The van der Waals surface area contributed by atoms with E-state index in [1.54, 1.807) is 0 Å². The molecular formula is C13H13NO4S. The molecule has 2 aromatic rings. The first-order valence-electron chi connectivity index (χ1n) is 5.46. The molecule has 100 valence electrons. The fourth-order valence-electron chi connectivity index (χ4n) is 1.71. The zero-order valence-corrected chi connectivity index (χ0v) is 11.0. The Morgan fingerprint density at radius 3 is 1.37 bits per heavy atom. The summed E-state index contributed by atoms with van der Waals surface area (Å²) in [6, 6.07) is 11.7. The van der Waals surface area contributed by atoms with Crippen molar-refractivity contribution in [2.75, 3.05) is 10.6 Å². The second kappa shape index (κ2) is 4.81. The van der Waals surface area contributed by atoms with E-state index in [2.05, 4.69) is 0 Å². The van der Waals surface area contributed by atoms with Crippen LogP contribution in [0.1, 0.15) is 0 Å². The Balaban J connectivity index is 2.54. The molecule has 0 heterocycles. The topological polar surface area (TPSA) is 77.8 Å². The molecule has 0 spiro atoms. The van der Waals surface area contributed by atoms with E-state index < -0.39 is 10.0 Å². The van der Waals surface area contributed by atoms with Crippen LogP contribution in [0.2, 0.25) is 0 Å². The molecule has 2 N–H and O–H groups in total. The highest BCUT2D eigenvalue weighted by atomic mass is 32.2. The number of nitrogens with zero attached hydrogens (tertiary/aromatic N) is 1. The van der Waals surface area contributed by atoms with Gasteiger partial charge < -0.3 is 10.2 Å². The van der Waals surface area contributed by atoms with E-state index in [1.165, 1.54) is 48.5 Å². The molecular weight excluding hydrogens is 266 g/mol. The summed E-state index contributed by atoms with van der Waals surface area (Å²) >= 11 is 0. The molecule has 0 unspecified atom stereocenters. The van der Waals surface area contributed by atoms with Crippen LogP contribution < -0.4 is 4.31 Å². The third kappa shape index (κ3) is 2.97. The fraction of sp³-hybridized carbons (Fsp3) is 0.0769. The van der Waals surface area contributed by atoms with Crippen molar-refractivity contribution in [3.63, 3.8) is 0 Å². The molecule has 0 aromatic heterocycles. The standard InChI is InChI=1S/C13H13NO4S/c1-19(17,18)14(10-2-6-12(15)7-3-10)11-4-8-13(16)9-5-11/h2-9,15-16H,1H3. The summed E-state index contributed by atoms with van der Waals surface area (Å²) in [4.78, 5) is 0. The number of hydrogen-bond donors (Lipinski definition) is 2. The van der Waals surface area contributed by atoms with Gasteiger partial charge in [-0.25, -0.2) is 12.7 Å². The normalized spacial score (nSPS) is 11.2. The average molecular weight is 279 g/mol. The van der Waals surface area contributed by atoms with E-state index >= 15 is 0 Å². The minimum atomic E-state index is -3.53. The zero-order chi connectivity index (χ0) is 14.0.